The summed E-state index contributed by atoms with van der Waals surface area (Å²) < 4.78 is 0. The van der Waals surface area contributed by atoms with Crippen LogP contribution in [0.1, 0.15) is 29.9 Å². The highest BCUT2D eigenvalue weighted by molar-refractivity contribution is 7.07. The summed E-state index contributed by atoms with van der Waals surface area (Å²) in [5.41, 5.74) is 2.70. The number of nitrogens with one attached hydrogen (secondary N) is 1. The Kier molecular flexibility index (Phi) is 3.69. The molecular weight excluding hydrogens is 262 g/mol. The number of benzene rings is 1. The molecule has 1 heterocycles. The van der Waals surface area contributed by atoms with Crippen molar-refractivity contribution in [1.29, 1.82) is 0 Å². The average molecular weight is 278 g/mol. The Labute approximate surface area is 117 Å². The fourth-order valence-corrected chi connectivity index (χ4v) is 3.46. The van der Waals surface area contributed by atoms with Gasteiger partial charge in [0.05, 0.1) is 0 Å². The predicted octanol–water partition coefficient (Wildman–Crippen LogP) is 4.44. The minimum absolute atomic E-state index is 0.638. The van der Waals surface area contributed by atoms with E-state index in [-0.39, 0.29) is 0 Å². The standard InChI is InChI=1S/C15H16ClNS/c16-15-4-2-1-3-14(15)12-7-13(8-12)17-9-11-5-6-18-10-11/h1-6,10,12-13,17H,7-9H2. The lowest BCUT2D eigenvalue weighted by atomic mass is 9.76. The Hall–Kier alpha value is -0.830. The zero-order valence-electron chi connectivity index (χ0n) is 10.1. The van der Waals surface area contributed by atoms with E-state index in [2.05, 4.69) is 34.3 Å². The second-order valence-electron chi connectivity index (χ2n) is 4.90. The van der Waals surface area contributed by atoms with Crippen LogP contribution >= 0.6 is 22.9 Å². The second kappa shape index (κ2) is 5.43. The van der Waals surface area contributed by atoms with E-state index in [0.717, 1.165) is 11.6 Å². The van der Waals surface area contributed by atoms with Crippen molar-refractivity contribution < 1.29 is 0 Å². The van der Waals surface area contributed by atoms with Crippen LogP contribution in [-0.4, -0.2) is 6.04 Å². The van der Waals surface area contributed by atoms with Crippen molar-refractivity contribution in [2.45, 2.75) is 31.3 Å². The molecule has 3 rings (SSSR count). The van der Waals surface area contributed by atoms with Crippen molar-refractivity contribution in [3.8, 4) is 0 Å². The van der Waals surface area contributed by atoms with Crippen LogP contribution in [-0.2, 0) is 6.54 Å². The van der Waals surface area contributed by atoms with Gasteiger partial charge in [-0.25, -0.2) is 0 Å². The van der Waals surface area contributed by atoms with Gasteiger partial charge in [0.1, 0.15) is 0 Å². The van der Waals surface area contributed by atoms with Gasteiger partial charge >= 0.3 is 0 Å². The van der Waals surface area contributed by atoms with Gasteiger partial charge in [0.15, 0.2) is 0 Å². The quantitative estimate of drug-likeness (QED) is 0.871. The number of hydrogen-bond donors (Lipinski definition) is 1. The molecule has 0 aliphatic heterocycles. The van der Waals surface area contributed by atoms with Crippen molar-refractivity contribution in [3.63, 3.8) is 0 Å². The number of rotatable bonds is 4. The maximum atomic E-state index is 6.22. The van der Waals surface area contributed by atoms with Crippen LogP contribution in [0.4, 0.5) is 0 Å². The van der Waals surface area contributed by atoms with Crippen LogP contribution in [0, 0.1) is 0 Å². The zero-order valence-corrected chi connectivity index (χ0v) is 11.7. The molecule has 1 nitrogen and oxygen atoms in total. The largest absolute Gasteiger partial charge is 0.310 e. The van der Waals surface area contributed by atoms with Gasteiger partial charge in [-0.15, -0.1) is 0 Å². The summed E-state index contributed by atoms with van der Waals surface area (Å²) in [6.45, 7) is 0.989. The fraction of sp³-hybridized carbons (Fsp3) is 0.333. The lowest BCUT2D eigenvalue weighted by molar-refractivity contribution is 0.290. The zero-order chi connectivity index (χ0) is 12.4. The molecule has 0 atom stereocenters. The fourth-order valence-electron chi connectivity index (χ4n) is 2.50. The van der Waals surface area contributed by atoms with E-state index in [4.69, 9.17) is 11.6 Å². The monoisotopic (exact) mass is 277 g/mol. The Bertz CT molecular complexity index is 503. The molecule has 0 amide bonds. The highest BCUT2D eigenvalue weighted by Gasteiger charge is 2.30. The van der Waals surface area contributed by atoms with Crippen molar-refractivity contribution in [1.82, 2.24) is 5.32 Å². The molecule has 0 unspecified atom stereocenters. The maximum Gasteiger partial charge on any atom is 0.0440 e. The normalized spacial score (nSPS) is 22.7. The first-order chi connectivity index (χ1) is 8.83. The number of hydrogen-bond acceptors (Lipinski definition) is 2. The first kappa shape index (κ1) is 12.2. The third-order valence-electron chi connectivity index (χ3n) is 3.66. The van der Waals surface area contributed by atoms with E-state index in [9.17, 15) is 0 Å². The summed E-state index contributed by atoms with van der Waals surface area (Å²) in [4.78, 5) is 0. The van der Waals surface area contributed by atoms with Gasteiger partial charge in [0, 0.05) is 17.6 Å². The highest BCUT2D eigenvalue weighted by atomic mass is 35.5. The minimum atomic E-state index is 0.638. The van der Waals surface area contributed by atoms with Gasteiger partial charge in [-0.2, -0.15) is 11.3 Å². The van der Waals surface area contributed by atoms with Gasteiger partial charge in [-0.3, -0.25) is 0 Å². The first-order valence-electron chi connectivity index (χ1n) is 6.32. The van der Waals surface area contributed by atoms with E-state index in [1.807, 2.05) is 12.1 Å². The summed E-state index contributed by atoms with van der Waals surface area (Å²) in [7, 11) is 0. The van der Waals surface area contributed by atoms with Crippen LogP contribution in [0.15, 0.2) is 41.1 Å². The predicted molar refractivity (Wildman–Crippen MR) is 78.4 cm³/mol. The summed E-state index contributed by atoms with van der Waals surface area (Å²) in [6.07, 6.45) is 2.40. The molecule has 18 heavy (non-hydrogen) atoms. The Morgan fingerprint density at radius 2 is 2.06 bits per heavy atom. The highest BCUT2D eigenvalue weighted by Crippen LogP contribution is 2.39. The number of thiophene rings is 1. The van der Waals surface area contributed by atoms with Gasteiger partial charge in [0.25, 0.3) is 0 Å². The molecule has 3 heteroatoms. The van der Waals surface area contributed by atoms with Crippen LogP contribution in [0.3, 0.4) is 0 Å². The molecule has 0 bridgehead atoms. The Morgan fingerprint density at radius 3 is 2.78 bits per heavy atom. The molecule has 94 valence electrons. The minimum Gasteiger partial charge on any atom is -0.310 e. The summed E-state index contributed by atoms with van der Waals surface area (Å²) in [5, 5.41) is 8.85. The van der Waals surface area contributed by atoms with Crippen LogP contribution in [0.2, 0.25) is 5.02 Å². The number of halogens is 1. The molecule has 1 fully saturated rings. The molecule has 1 aromatic heterocycles. The van der Waals surface area contributed by atoms with E-state index in [1.54, 1.807) is 11.3 Å². The van der Waals surface area contributed by atoms with Gasteiger partial charge in [-0.1, -0.05) is 29.8 Å². The third-order valence-corrected chi connectivity index (χ3v) is 4.73. The van der Waals surface area contributed by atoms with Crippen molar-refractivity contribution in [3.05, 3.63) is 57.2 Å². The second-order valence-corrected chi connectivity index (χ2v) is 6.09. The third kappa shape index (κ3) is 2.61. The summed E-state index contributed by atoms with van der Waals surface area (Å²) >= 11 is 7.98. The topological polar surface area (TPSA) is 12.0 Å². The van der Waals surface area contributed by atoms with E-state index >= 15 is 0 Å². The van der Waals surface area contributed by atoms with Crippen molar-refractivity contribution >= 4 is 22.9 Å². The Balaban J connectivity index is 1.50. The lowest BCUT2D eigenvalue weighted by Gasteiger charge is -2.36. The molecule has 1 aliphatic carbocycles. The van der Waals surface area contributed by atoms with Crippen LogP contribution in [0.5, 0.6) is 0 Å². The molecule has 0 spiro atoms. The lowest BCUT2D eigenvalue weighted by Crippen LogP contribution is -2.39. The summed E-state index contributed by atoms with van der Waals surface area (Å²) in [6, 6.07) is 11.0. The smallest absolute Gasteiger partial charge is 0.0440 e. The van der Waals surface area contributed by atoms with Crippen molar-refractivity contribution in [2.75, 3.05) is 0 Å². The van der Waals surface area contributed by atoms with E-state index in [0.29, 0.717) is 12.0 Å². The molecule has 1 saturated carbocycles. The van der Waals surface area contributed by atoms with Gasteiger partial charge in [-0.05, 0) is 52.8 Å². The van der Waals surface area contributed by atoms with E-state index < -0.39 is 0 Å². The molecule has 0 radical (unpaired) electrons. The maximum absolute atomic E-state index is 6.22. The van der Waals surface area contributed by atoms with Gasteiger partial charge < -0.3 is 5.32 Å². The summed E-state index contributed by atoms with van der Waals surface area (Å²) in [5.74, 6) is 0.638. The molecule has 1 aromatic carbocycles. The van der Waals surface area contributed by atoms with Crippen molar-refractivity contribution in [2.24, 2.45) is 0 Å². The Morgan fingerprint density at radius 1 is 1.22 bits per heavy atom. The molecule has 1 aliphatic rings. The SMILES string of the molecule is Clc1ccccc1C1CC(NCc2ccsc2)C1. The van der Waals surface area contributed by atoms with Crippen LogP contribution in [0.25, 0.3) is 0 Å². The van der Waals surface area contributed by atoms with Crippen LogP contribution < -0.4 is 5.32 Å². The molecule has 0 saturated heterocycles. The van der Waals surface area contributed by atoms with E-state index in [1.165, 1.54) is 24.0 Å². The molecular formula is C15H16ClNS. The average Bonchev–Trinajstić information content (AvgIpc) is 2.82. The molecule has 2 aromatic rings. The van der Waals surface area contributed by atoms with Gasteiger partial charge in [0.2, 0.25) is 0 Å². The molecule has 1 N–H and O–H groups in total. The first-order valence-corrected chi connectivity index (χ1v) is 7.64.